The van der Waals surface area contributed by atoms with Crippen molar-refractivity contribution in [1.29, 1.82) is 0 Å². The topological polar surface area (TPSA) is 108 Å². The van der Waals surface area contributed by atoms with Crippen LogP contribution in [0.15, 0.2) is 9.98 Å². The maximum Gasteiger partial charge on any atom is 0.229 e. The number of aliphatic hydroxyl groups excluding tert-OH is 1. The number of nitrogens with one attached hydrogen (secondary N) is 2. The van der Waals surface area contributed by atoms with Crippen LogP contribution in [-0.4, -0.2) is 77.6 Å². The van der Waals surface area contributed by atoms with Crippen molar-refractivity contribution in [3.05, 3.63) is 0 Å². The Morgan fingerprint density at radius 3 is 2.62 bits per heavy atom. The molecule has 0 saturated carbocycles. The predicted octanol–water partition coefficient (Wildman–Crippen LogP) is 2.78. The van der Waals surface area contributed by atoms with Gasteiger partial charge in [0.05, 0.1) is 18.5 Å². The number of aliphatic imine (C=N–C) groups is 2. The zero-order chi connectivity index (χ0) is 24.7. The van der Waals surface area contributed by atoms with Crippen LogP contribution in [0.2, 0.25) is 0 Å². The van der Waals surface area contributed by atoms with E-state index in [1.807, 2.05) is 32.6 Å². The van der Waals surface area contributed by atoms with Gasteiger partial charge in [-0.2, -0.15) is 0 Å². The van der Waals surface area contributed by atoms with Crippen LogP contribution in [0.3, 0.4) is 0 Å². The lowest BCUT2D eigenvalue weighted by Gasteiger charge is -2.37. The van der Waals surface area contributed by atoms with E-state index in [2.05, 4.69) is 22.5 Å². The van der Waals surface area contributed by atoms with E-state index in [1.54, 1.807) is 6.34 Å². The summed E-state index contributed by atoms with van der Waals surface area (Å²) in [5.74, 6) is 0.224. The Bertz CT molecular complexity index is 715. The summed E-state index contributed by atoms with van der Waals surface area (Å²) in [4.78, 5) is 23.6. The fourth-order valence-electron chi connectivity index (χ4n) is 4.78. The van der Waals surface area contributed by atoms with Gasteiger partial charge in [0.2, 0.25) is 5.91 Å². The van der Waals surface area contributed by atoms with Crippen LogP contribution in [0.1, 0.15) is 86.0 Å². The molecule has 0 aliphatic carbocycles. The van der Waals surface area contributed by atoms with E-state index in [9.17, 15) is 9.90 Å². The van der Waals surface area contributed by atoms with Crippen LogP contribution < -0.4 is 10.6 Å². The molecule has 4 unspecified atom stereocenters. The largest absolute Gasteiger partial charge is 0.388 e. The zero-order valence-electron chi connectivity index (χ0n) is 21.6. The lowest BCUT2D eigenvalue weighted by atomic mass is 10.0. The Balaban J connectivity index is 1.63. The van der Waals surface area contributed by atoms with Crippen LogP contribution in [0.5, 0.6) is 0 Å². The fourth-order valence-corrected chi connectivity index (χ4v) is 4.78. The number of carbonyl (C=O) groups is 1. The lowest BCUT2D eigenvalue weighted by Crippen LogP contribution is -2.59. The SMILES string of the molecule is CCCCCCCCCO[C@H]1C(O)[C@@H](CC)O[C@H]1N1C=NC2C(C)NC(NC(=O)C(C)C)=NC21. The van der Waals surface area contributed by atoms with E-state index in [0.717, 1.165) is 12.8 Å². The van der Waals surface area contributed by atoms with Crippen molar-refractivity contribution < 1.29 is 19.4 Å². The van der Waals surface area contributed by atoms with E-state index < -0.39 is 18.4 Å². The van der Waals surface area contributed by atoms with Gasteiger partial charge in [-0.1, -0.05) is 66.2 Å². The number of amides is 1. The minimum atomic E-state index is -0.699. The molecule has 3 aliphatic heterocycles. The Morgan fingerprint density at radius 1 is 1.24 bits per heavy atom. The summed E-state index contributed by atoms with van der Waals surface area (Å²) in [6, 6.07) is -0.114. The van der Waals surface area contributed by atoms with Crippen LogP contribution in [0, 0.1) is 5.92 Å². The number of rotatable bonds is 12. The quantitative estimate of drug-likeness (QED) is 0.372. The van der Waals surface area contributed by atoms with Gasteiger partial charge in [-0.05, 0) is 19.8 Å². The maximum absolute atomic E-state index is 12.2. The molecule has 194 valence electrons. The predicted molar refractivity (Wildman–Crippen MR) is 134 cm³/mol. The molecule has 0 aromatic carbocycles. The Hall–Kier alpha value is -1.71. The second kappa shape index (κ2) is 12.8. The number of nitrogens with zero attached hydrogens (tertiary/aromatic N) is 3. The molecule has 1 fully saturated rings. The summed E-state index contributed by atoms with van der Waals surface area (Å²) in [6.45, 7) is 10.6. The molecule has 3 heterocycles. The third-order valence-electron chi connectivity index (χ3n) is 6.95. The Labute approximate surface area is 204 Å². The number of aliphatic hydroxyl groups is 1. The first-order chi connectivity index (χ1) is 16.4. The smallest absolute Gasteiger partial charge is 0.229 e. The first-order valence-corrected chi connectivity index (χ1v) is 13.3. The number of guanidine groups is 1. The highest BCUT2D eigenvalue weighted by molar-refractivity contribution is 5.98. The Kier molecular flexibility index (Phi) is 10.2. The standard InChI is InChI=1S/C25H45N5O4/c1-6-8-9-10-11-12-13-14-33-21-20(31)18(7-2)34-24(21)30-15-26-19-17(5)27-25(28-22(19)30)29-23(32)16(3)4/h15-22,24,31H,6-14H2,1-5H3,(H2,27,28,29,32)/t17?,18-,19?,20?,21+,22?,24-/m1/s1. The molecule has 3 rings (SSSR count). The summed E-state index contributed by atoms with van der Waals surface area (Å²) >= 11 is 0. The van der Waals surface area contributed by atoms with Crippen molar-refractivity contribution in [1.82, 2.24) is 15.5 Å². The van der Waals surface area contributed by atoms with Gasteiger partial charge < -0.3 is 24.8 Å². The summed E-state index contributed by atoms with van der Waals surface area (Å²) in [5.41, 5.74) is 0. The molecule has 7 atom stereocenters. The molecule has 34 heavy (non-hydrogen) atoms. The van der Waals surface area contributed by atoms with Crippen LogP contribution in [-0.2, 0) is 14.3 Å². The minimum absolute atomic E-state index is 0.00779. The van der Waals surface area contributed by atoms with Crippen LogP contribution >= 0.6 is 0 Å². The summed E-state index contributed by atoms with van der Waals surface area (Å²) in [7, 11) is 0. The van der Waals surface area contributed by atoms with Gasteiger partial charge in [0.25, 0.3) is 0 Å². The molecule has 3 aliphatic rings. The van der Waals surface area contributed by atoms with Crippen molar-refractivity contribution in [2.75, 3.05) is 6.61 Å². The molecule has 0 aromatic rings. The number of ether oxygens (including phenoxy) is 2. The van der Waals surface area contributed by atoms with Gasteiger partial charge in [-0.15, -0.1) is 0 Å². The van der Waals surface area contributed by atoms with Gasteiger partial charge in [0, 0.05) is 12.5 Å². The monoisotopic (exact) mass is 479 g/mol. The molecule has 9 heteroatoms. The molecular weight excluding hydrogens is 434 g/mol. The molecule has 1 saturated heterocycles. The summed E-state index contributed by atoms with van der Waals surface area (Å²) in [5, 5.41) is 17.1. The molecule has 9 nitrogen and oxygen atoms in total. The molecule has 0 spiro atoms. The molecular formula is C25H45N5O4. The lowest BCUT2D eigenvalue weighted by molar-refractivity contribution is -0.122. The highest BCUT2D eigenvalue weighted by Crippen LogP contribution is 2.33. The average Bonchev–Trinajstić information content (AvgIpc) is 3.36. The normalized spacial score (nSPS) is 32.6. The van der Waals surface area contributed by atoms with Crippen molar-refractivity contribution in [2.45, 2.75) is 129 Å². The second-order valence-corrected chi connectivity index (χ2v) is 10.1. The maximum atomic E-state index is 12.2. The van der Waals surface area contributed by atoms with E-state index in [4.69, 9.17) is 14.5 Å². The van der Waals surface area contributed by atoms with Crippen molar-refractivity contribution in [3.63, 3.8) is 0 Å². The van der Waals surface area contributed by atoms with Crippen LogP contribution in [0.25, 0.3) is 0 Å². The zero-order valence-corrected chi connectivity index (χ0v) is 21.6. The highest BCUT2D eigenvalue weighted by atomic mass is 16.6. The summed E-state index contributed by atoms with van der Waals surface area (Å²) in [6.07, 6.45) is 8.69. The molecule has 1 amide bonds. The third-order valence-corrected chi connectivity index (χ3v) is 6.95. The molecule has 0 aromatic heterocycles. The number of unbranched alkanes of at least 4 members (excludes halogenated alkanes) is 6. The van der Waals surface area contributed by atoms with Gasteiger partial charge in [0.1, 0.15) is 18.2 Å². The van der Waals surface area contributed by atoms with Crippen molar-refractivity contribution in [2.24, 2.45) is 15.9 Å². The van der Waals surface area contributed by atoms with E-state index in [0.29, 0.717) is 19.0 Å². The Morgan fingerprint density at radius 2 is 1.94 bits per heavy atom. The first-order valence-electron chi connectivity index (χ1n) is 13.3. The highest BCUT2D eigenvalue weighted by Gasteiger charge is 2.51. The van der Waals surface area contributed by atoms with Gasteiger partial charge >= 0.3 is 0 Å². The molecule has 0 bridgehead atoms. The number of carbonyl (C=O) groups excluding carboxylic acids is 1. The van der Waals surface area contributed by atoms with Gasteiger partial charge in [0.15, 0.2) is 18.4 Å². The van der Waals surface area contributed by atoms with Crippen molar-refractivity contribution in [3.8, 4) is 0 Å². The summed E-state index contributed by atoms with van der Waals surface area (Å²) < 4.78 is 12.5. The minimum Gasteiger partial charge on any atom is -0.388 e. The third kappa shape index (κ3) is 6.49. The fraction of sp³-hybridized carbons (Fsp3) is 0.880. The average molecular weight is 480 g/mol. The second-order valence-electron chi connectivity index (χ2n) is 10.1. The number of fused-ring (bicyclic) bond motifs is 1. The van der Waals surface area contributed by atoms with Crippen LogP contribution in [0.4, 0.5) is 0 Å². The van der Waals surface area contributed by atoms with E-state index in [-0.39, 0.29) is 36.2 Å². The first kappa shape index (κ1) is 26.9. The van der Waals surface area contributed by atoms with E-state index >= 15 is 0 Å². The molecule has 0 radical (unpaired) electrons. The molecule has 3 N–H and O–H groups in total. The van der Waals surface area contributed by atoms with Gasteiger partial charge in [-0.25, -0.2) is 4.99 Å². The number of hydrogen-bond acceptors (Lipinski definition) is 8. The number of hydrogen-bond donors (Lipinski definition) is 3. The van der Waals surface area contributed by atoms with Crippen molar-refractivity contribution >= 4 is 18.2 Å². The van der Waals surface area contributed by atoms with E-state index in [1.165, 1.54) is 32.1 Å². The van der Waals surface area contributed by atoms with Gasteiger partial charge in [-0.3, -0.25) is 15.1 Å².